The van der Waals surface area contributed by atoms with Gasteiger partial charge in [-0.1, -0.05) is 23.8 Å². The van der Waals surface area contributed by atoms with E-state index in [1.807, 2.05) is 43.0 Å². The smallest absolute Gasteiger partial charge is 0.322 e. The van der Waals surface area contributed by atoms with Crippen molar-refractivity contribution in [2.45, 2.75) is 37.5 Å². The van der Waals surface area contributed by atoms with Gasteiger partial charge in [0.1, 0.15) is 26.9 Å². The minimum Gasteiger partial charge on any atom is -0.505 e. The maximum absolute atomic E-state index is 12.8. The van der Waals surface area contributed by atoms with Gasteiger partial charge < -0.3 is 31.1 Å². The van der Waals surface area contributed by atoms with Crippen LogP contribution >= 0.6 is 23.2 Å². The zero-order chi connectivity index (χ0) is 47.7. The first-order valence-corrected chi connectivity index (χ1v) is 22.7. The molecule has 26 heteroatoms. The third kappa shape index (κ3) is 10.3. The van der Waals surface area contributed by atoms with Crippen LogP contribution in [0.15, 0.2) is 103 Å². The Balaban J connectivity index is 1.25. The van der Waals surface area contributed by atoms with E-state index in [0.29, 0.717) is 17.8 Å². The number of benzene rings is 5. The van der Waals surface area contributed by atoms with Gasteiger partial charge in [-0.15, -0.1) is 15.3 Å². The number of anilines is 7. The van der Waals surface area contributed by atoms with E-state index in [0.717, 1.165) is 23.4 Å². The zero-order valence-corrected chi connectivity index (χ0v) is 38.2. The molecule has 2 heterocycles. The maximum atomic E-state index is 12.8. The summed E-state index contributed by atoms with van der Waals surface area (Å²) in [4.78, 5) is 25.3. The van der Waals surface area contributed by atoms with Crippen molar-refractivity contribution in [1.29, 1.82) is 0 Å². The number of aromatic hydroxyl groups is 1. The summed E-state index contributed by atoms with van der Waals surface area (Å²) in [6, 6.07) is 18.6. The lowest BCUT2D eigenvalue weighted by Crippen LogP contribution is -2.19. The number of aromatic nitrogens is 6. The van der Waals surface area contributed by atoms with Crippen LogP contribution < -0.4 is 26.0 Å². The number of phenols is 1. The summed E-state index contributed by atoms with van der Waals surface area (Å²) >= 11 is 12.3. The Labute approximate surface area is 386 Å². The number of azo groups is 2. The molecule has 0 fully saturated rings. The second-order valence-corrected chi connectivity index (χ2v) is 17.6. The Morgan fingerprint density at radius 1 is 0.697 bits per heavy atom. The molecule has 7 rings (SSSR count). The molecule has 0 unspecified atom stereocenters. The van der Waals surface area contributed by atoms with E-state index in [-0.39, 0.29) is 67.8 Å². The van der Waals surface area contributed by atoms with Crippen molar-refractivity contribution in [1.82, 2.24) is 29.9 Å². The van der Waals surface area contributed by atoms with E-state index in [1.165, 1.54) is 32.2 Å². The molecule has 0 saturated carbocycles. The van der Waals surface area contributed by atoms with Crippen LogP contribution in [0.4, 0.5) is 63.3 Å². The number of nitrogens with two attached hydrogens (primary N) is 1. The number of nitrogen functional groups attached to an aromatic ring is 1. The van der Waals surface area contributed by atoms with Crippen LogP contribution in [-0.2, 0) is 20.2 Å². The fourth-order valence-corrected chi connectivity index (χ4v) is 7.99. The van der Waals surface area contributed by atoms with Crippen LogP contribution in [0, 0.1) is 20.8 Å². The zero-order valence-electron chi connectivity index (χ0n) is 35.1. The molecule has 2 aromatic heterocycles. The molecule has 7 aromatic rings. The average Bonchev–Trinajstić information content (AvgIpc) is 3.23. The Morgan fingerprint density at radius 3 is 1.92 bits per heavy atom. The molecule has 7 N–H and O–H groups in total. The number of hydrogen-bond donors (Lipinski definition) is 6. The van der Waals surface area contributed by atoms with Crippen molar-refractivity contribution in [3.8, 4) is 11.8 Å². The molecule has 0 aliphatic carbocycles. The Kier molecular flexibility index (Phi) is 13.3. The Hall–Kier alpha value is -7.22. The number of halogens is 2. The molecule has 0 aliphatic rings. The molecule has 0 bridgehead atoms. The summed E-state index contributed by atoms with van der Waals surface area (Å²) in [5.41, 5.74) is 8.47. The molecule has 0 amide bonds. The number of nitrogens with zero attached hydrogens (tertiary/aromatic N) is 11. The van der Waals surface area contributed by atoms with Crippen molar-refractivity contribution >= 4 is 118 Å². The van der Waals surface area contributed by atoms with Crippen LogP contribution in [-0.4, -0.2) is 74.6 Å². The molecule has 66 heavy (non-hydrogen) atoms. The number of ether oxygens (including phenoxy) is 1. The fraction of sp³-hybridized carbons (Fsp3) is 0.150. The van der Waals surface area contributed by atoms with E-state index in [4.69, 9.17) is 33.7 Å². The fourth-order valence-electron chi connectivity index (χ4n) is 6.41. The molecule has 0 radical (unpaired) electrons. The van der Waals surface area contributed by atoms with Crippen LogP contribution in [0.3, 0.4) is 0 Å². The van der Waals surface area contributed by atoms with Crippen molar-refractivity contribution < 1.29 is 35.8 Å². The molecule has 22 nitrogen and oxygen atoms in total. The van der Waals surface area contributed by atoms with Gasteiger partial charge in [0.05, 0.1) is 23.9 Å². The highest BCUT2D eigenvalue weighted by atomic mass is 35.5. The monoisotopic (exact) mass is 974 g/mol. The van der Waals surface area contributed by atoms with E-state index >= 15 is 0 Å². The van der Waals surface area contributed by atoms with Gasteiger partial charge in [-0.25, -0.2) is 0 Å². The van der Waals surface area contributed by atoms with Gasteiger partial charge in [-0.05, 0) is 122 Å². The highest BCUT2D eigenvalue weighted by Crippen LogP contribution is 2.47. The lowest BCUT2D eigenvalue weighted by molar-refractivity contribution is 0.379. The van der Waals surface area contributed by atoms with Crippen LogP contribution in [0.2, 0.25) is 10.6 Å². The van der Waals surface area contributed by atoms with Crippen molar-refractivity contribution in [3.05, 3.63) is 100 Å². The highest BCUT2D eigenvalue weighted by Gasteiger charge is 2.25. The van der Waals surface area contributed by atoms with Crippen LogP contribution in [0.1, 0.15) is 23.6 Å². The number of rotatable bonds is 14. The predicted molar refractivity (Wildman–Crippen MR) is 247 cm³/mol. The summed E-state index contributed by atoms with van der Waals surface area (Å²) in [5, 5.41) is 33.7. The second kappa shape index (κ2) is 18.7. The number of phenolic OH excluding ortho intramolecular Hbond substituents is 1. The molecule has 0 spiro atoms. The first-order valence-electron chi connectivity index (χ1n) is 19.1. The maximum Gasteiger partial charge on any atom is 0.322 e. The lowest BCUT2D eigenvalue weighted by Gasteiger charge is -2.21. The summed E-state index contributed by atoms with van der Waals surface area (Å²) in [7, 11) is -8.57. The third-order valence-corrected chi connectivity index (χ3v) is 11.7. The summed E-state index contributed by atoms with van der Waals surface area (Å²) in [6.07, 6.45) is 0. The summed E-state index contributed by atoms with van der Waals surface area (Å²) in [6.45, 7) is 7.64. The largest absolute Gasteiger partial charge is 0.505 e. The molecule has 0 aliphatic heterocycles. The quantitative estimate of drug-likeness (QED) is 0.0335. The molecule has 0 atom stereocenters. The lowest BCUT2D eigenvalue weighted by atomic mass is 10.0. The first kappa shape index (κ1) is 46.8. The Bertz CT molecular complexity index is 3350. The van der Waals surface area contributed by atoms with Crippen molar-refractivity contribution in [3.63, 3.8) is 0 Å². The van der Waals surface area contributed by atoms with Gasteiger partial charge >= 0.3 is 6.01 Å². The minimum atomic E-state index is -5.01. The SMILES string of the molecule is CCN(c1ccc(C)cc1)c1nc(Cl)nc(Nc2ccc(C)c(N=Nc3c(S(=O)(=O)O)cc4cc(C)c(N=Nc5cc(Nc6nc(Cl)nc(OC)n6)ccc5S(=O)(=O)O)c(O)c4c3N)c2)n1. The van der Waals surface area contributed by atoms with Gasteiger partial charge in [0.25, 0.3) is 20.2 Å². The van der Waals surface area contributed by atoms with Gasteiger partial charge in [0, 0.05) is 23.6 Å². The average molecular weight is 976 g/mol. The van der Waals surface area contributed by atoms with E-state index in [2.05, 4.69) is 61.0 Å². The summed E-state index contributed by atoms with van der Waals surface area (Å²) in [5.74, 6) is -0.307. The highest BCUT2D eigenvalue weighted by molar-refractivity contribution is 7.86. The van der Waals surface area contributed by atoms with Gasteiger partial charge in [0.2, 0.25) is 28.4 Å². The standard InChI is InChI=1S/C40H36Cl2N14O8S2/c1-6-56(25-12-7-19(2)8-13-25)39-48-35(41)46-37(50-39)44-23-10-9-20(3)26(17-23)52-55-33-29(66(61,62)63)16-22-15-21(4)32(34(57)30(22)31(33)43)54-53-27-18-24(11-14-28(27)65(58,59)60)45-38-47-36(42)49-40(51-38)64-5/h7-18,57H,6,43H2,1-5H3,(H,58,59,60)(H,61,62,63)(H,44,46,48,50)(H,45,47,49,51). The van der Waals surface area contributed by atoms with E-state index < -0.39 is 52.8 Å². The topological polar surface area (TPSA) is 318 Å². The van der Waals surface area contributed by atoms with Crippen LogP contribution in [0.25, 0.3) is 10.8 Å². The normalized spacial score (nSPS) is 12.0. The molecular weight excluding hydrogens is 940 g/mol. The third-order valence-electron chi connectivity index (χ3n) is 9.56. The molecule has 0 saturated heterocycles. The summed E-state index contributed by atoms with van der Waals surface area (Å²) < 4.78 is 75.6. The predicted octanol–water partition coefficient (Wildman–Crippen LogP) is 9.71. The molecule has 5 aromatic carbocycles. The van der Waals surface area contributed by atoms with Gasteiger partial charge in [-0.3, -0.25) is 9.11 Å². The molecular formula is C40H36Cl2N14O8S2. The molecule has 340 valence electrons. The minimum absolute atomic E-state index is 0.0473. The van der Waals surface area contributed by atoms with Crippen molar-refractivity contribution in [2.75, 3.05) is 34.9 Å². The van der Waals surface area contributed by atoms with E-state index in [1.54, 1.807) is 25.1 Å². The number of nitrogens with one attached hydrogen (secondary N) is 2. The Morgan fingerprint density at radius 2 is 1.29 bits per heavy atom. The van der Waals surface area contributed by atoms with Gasteiger partial charge in [-0.2, -0.15) is 51.9 Å². The van der Waals surface area contributed by atoms with Gasteiger partial charge in [0.15, 0.2) is 5.75 Å². The van der Waals surface area contributed by atoms with Crippen LogP contribution in [0.5, 0.6) is 11.8 Å². The first-order chi connectivity index (χ1) is 31.2. The number of aryl methyl sites for hydroxylation is 3. The second-order valence-electron chi connectivity index (χ2n) is 14.1. The number of methoxy groups -OCH3 is 1. The number of fused-ring (bicyclic) bond motifs is 1. The number of hydrogen-bond acceptors (Lipinski definition) is 20. The van der Waals surface area contributed by atoms with E-state index in [9.17, 15) is 31.0 Å². The van der Waals surface area contributed by atoms with Crippen molar-refractivity contribution in [2.24, 2.45) is 20.5 Å².